The normalized spacial score (nSPS) is 16.2. The van der Waals surface area contributed by atoms with Gasteiger partial charge in [-0.25, -0.2) is 0 Å². The van der Waals surface area contributed by atoms with Crippen LogP contribution in [0.25, 0.3) is 0 Å². The number of hydrogen-bond acceptors (Lipinski definition) is 4. The second kappa shape index (κ2) is 16.7. The highest BCUT2D eigenvalue weighted by molar-refractivity contribution is 14.1. The molecular weight excluding hydrogens is 425 g/mol. The molecule has 1 N–H and O–H groups in total. The van der Waals surface area contributed by atoms with Crippen molar-refractivity contribution in [1.82, 2.24) is 13.3 Å². The molecule has 0 aliphatic carbocycles. The SMILES string of the molecule is CC.CCNCCC(C)N(I)/C=C/C(C/C=C/N1C=CCC=C1)OC. The van der Waals surface area contributed by atoms with E-state index in [1.165, 1.54) is 0 Å². The number of hydrogen-bond donors (Lipinski definition) is 1. The fraction of sp³-hybridized carbons (Fsp3) is 0.600. The van der Waals surface area contributed by atoms with E-state index >= 15 is 0 Å². The minimum Gasteiger partial charge on any atom is -0.377 e. The maximum absolute atomic E-state index is 5.53. The van der Waals surface area contributed by atoms with Crippen molar-refractivity contribution < 1.29 is 4.74 Å². The van der Waals surface area contributed by atoms with Crippen LogP contribution < -0.4 is 5.32 Å². The molecule has 0 saturated carbocycles. The summed E-state index contributed by atoms with van der Waals surface area (Å²) in [5.74, 6) is 0. The molecule has 4 nitrogen and oxygen atoms in total. The molecule has 1 aliphatic heterocycles. The molecule has 0 bridgehead atoms. The number of ether oxygens (including phenoxy) is 1. The van der Waals surface area contributed by atoms with Gasteiger partial charge in [0.05, 0.1) is 29.0 Å². The van der Waals surface area contributed by atoms with E-state index in [2.05, 4.69) is 99.1 Å². The summed E-state index contributed by atoms with van der Waals surface area (Å²) < 4.78 is 7.76. The fourth-order valence-electron chi connectivity index (χ4n) is 2.10. The molecule has 1 heterocycles. The molecule has 1 aliphatic rings. The Morgan fingerprint density at radius 2 is 2.00 bits per heavy atom. The lowest BCUT2D eigenvalue weighted by atomic mass is 10.2. The highest BCUT2D eigenvalue weighted by Crippen LogP contribution is 2.12. The molecule has 25 heavy (non-hydrogen) atoms. The first kappa shape index (κ1) is 24.2. The molecule has 0 spiro atoms. The maximum atomic E-state index is 5.53. The molecule has 5 heteroatoms. The predicted molar refractivity (Wildman–Crippen MR) is 118 cm³/mol. The topological polar surface area (TPSA) is 27.7 Å². The van der Waals surface area contributed by atoms with Crippen LogP contribution in [-0.2, 0) is 4.74 Å². The van der Waals surface area contributed by atoms with E-state index in [0.717, 1.165) is 32.4 Å². The Balaban J connectivity index is 0.00000277. The Morgan fingerprint density at radius 3 is 2.60 bits per heavy atom. The minimum absolute atomic E-state index is 0.0993. The third-order valence-electron chi connectivity index (χ3n) is 3.63. The van der Waals surface area contributed by atoms with Crippen molar-refractivity contribution in [3.05, 3.63) is 49.1 Å². The van der Waals surface area contributed by atoms with Crippen LogP contribution in [0.5, 0.6) is 0 Å². The van der Waals surface area contributed by atoms with Crippen molar-refractivity contribution in [1.29, 1.82) is 0 Å². The van der Waals surface area contributed by atoms with Gasteiger partial charge in [-0.3, -0.25) is 0 Å². The van der Waals surface area contributed by atoms with Crippen LogP contribution in [0.2, 0.25) is 0 Å². The van der Waals surface area contributed by atoms with Gasteiger partial charge in [-0.1, -0.05) is 39.0 Å². The van der Waals surface area contributed by atoms with Crippen LogP contribution in [-0.4, -0.2) is 40.4 Å². The zero-order chi connectivity index (χ0) is 18.9. The third-order valence-corrected chi connectivity index (χ3v) is 4.90. The predicted octanol–water partition coefficient (Wildman–Crippen LogP) is 5.22. The highest BCUT2D eigenvalue weighted by Gasteiger charge is 2.07. The highest BCUT2D eigenvalue weighted by atomic mass is 127. The van der Waals surface area contributed by atoms with Gasteiger partial charge < -0.3 is 18.1 Å². The molecule has 0 saturated heterocycles. The van der Waals surface area contributed by atoms with Crippen molar-refractivity contribution in [3.8, 4) is 0 Å². The monoisotopic (exact) mass is 461 g/mol. The van der Waals surface area contributed by atoms with Crippen LogP contribution in [0, 0.1) is 0 Å². The minimum atomic E-state index is 0.0993. The van der Waals surface area contributed by atoms with Crippen LogP contribution in [0.3, 0.4) is 0 Å². The van der Waals surface area contributed by atoms with Crippen molar-refractivity contribution in [2.24, 2.45) is 0 Å². The Morgan fingerprint density at radius 1 is 1.32 bits per heavy atom. The lowest BCUT2D eigenvalue weighted by Crippen LogP contribution is -2.25. The summed E-state index contributed by atoms with van der Waals surface area (Å²) in [4.78, 5) is 2.06. The molecule has 0 aromatic heterocycles. The van der Waals surface area contributed by atoms with E-state index in [1.807, 2.05) is 13.8 Å². The van der Waals surface area contributed by atoms with E-state index in [-0.39, 0.29) is 6.10 Å². The molecule has 0 aromatic carbocycles. The Hall–Kier alpha value is -0.790. The van der Waals surface area contributed by atoms with Gasteiger partial charge in [0, 0.05) is 38.0 Å². The van der Waals surface area contributed by atoms with Crippen LogP contribution in [0.15, 0.2) is 49.1 Å². The Bertz CT molecular complexity index is 409. The number of nitrogens with zero attached hydrogens (tertiary/aromatic N) is 2. The first-order valence-electron chi connectivity index (χ1n) is 9.30. The van der Waals surface area contributed by atoms with Crippen LogP contribution in [0.4, 0.5) is 0 Å². The quantitative estimate of drug-likeness (QED) is 0.260. The molecule has 144 valence electrons. The number of methoxy groups -OCH3 is 1. The van der Waals surface area contributed by atoms with Gasteiger partial charge >= 0.3 is 0 Å². The summed E-state index contributed by atoms with van der Waals surface area (Å²) in [6.45, 7) is 10.5. The maximum Gasteiger partial charge on any atom is 0.0804 e. The number of allylic oxidation sites excluding steroid dienone is 2. The fourth-order valence-corrected chi connectivity index (χ4v) is 2.56. The van der Waals surface area contributed by atoms with E-state index in [1.54, 1.807) is 7.11 Å². The third kappa shape index (κ3) is 12.2. The standard InChI is InChI=1S/C18H30IN3O.C2H6/c1-4-20-12-10-17(2)22(19)16-11-18(23-3)9-8-15-21-13-6-5-7-14-21;1-2/h6-8,11,13-18,20H,4-5,9-10,12H2,1-3H3;1-2H3/b15-8+,16-11+;. The molecule has 0 radical (unpaired) electrons. The molecule has 2 unspecified atom stereocenters. The largest absolute Gasteiger partial charge is 0.377 e. The summed E-state index contributed by atoms with van der Waals surface area (Å²) in [6.07, 6.45) is 20.0. The number of halogens is 1. The summed E-state index contributed by atoms with van der Waals surface area (Å²) >= 11 is 2.36. The van der Waals surface area contributed by atoms with Gasteiger partial charge in [0.15, 0.2) is 0 Å². The molecule has 0 aromatic rings. The lowest BCUT2D eigenvalue weighted by Gasteiger charge is -2.21. The van der Waals surface area contributed by atoms with Gasteiger partial charge in [0.1, 0.15) is 0 Å². The van der Waals surface area contributed by atoms with Gasteiger partial charge in [-0.05, 0) is 45.4 Å². The summed E-state index contributed by atoms with van der Waals surface area (Å²) in [6, 6.07) is 0.502. The van der Waals surface area contributed by atoms with Crippen LogP contribution >= 0.6 is 22.9 Å². The molecule has 0 amide bonds. The van der Waals surface area contributed by atoms with Gasteiger partial charge in [0.25, 0.3) is 0 Å². The van der Waals surface area contributed by atoms with Crippen LogP contribution in [0.1, 0.15) is 47.0 Å². The molecule has 0 fully saturated rings. The van der Waals surface area contributed by atoms with Crippen molar-refractivity contribution in [3.63, 3.8) is 0 Å². The van der Waals surface area contributed by atoms with E-state index < -0.39 is 0 Å². The Labute approximate surface area is 169 Å². The zero-order valence-electron chi connectivity index (χ0n) is 16.5. The van der Waals surface area contributed by atoms with E-state index in [0.29, 0.717) is 6.04 Å². The summed E-state index contributed by atoms with van der Waals surface area (Å²) in [5.41, 5.74) is 0. The Kier molecular flexibility index (Phi) is 16.1. The van der Waals surface area contributed by atoms with Crippen molar-refractivity contribution in [2.45, 2.75) is 59.1 Å². The lowest BCUT2D eigenvalue weighted by molar-refractivity contribution is 0.142. The second-order valence-electron chi connectivity index (χ2n) is 5.52. The molecule has 2 atom stereocenters. The van der Waals surface area contributed by atoms with Gasteiger partial charge in [0.2, 0.25) is 0 Å². The second-order valence-corrected chi connectivity index (χ2v) is 6.64. The van der Waals surface area contributed by atoms with Gasteiger partial charge in [-0.15, -0.1) is 0 Å². The zero-order valence-corrected chi connectivity index (χ0v) is 18.6. The van der Waals surface area contributed by atoms with Crippen molar-refractivity contribution >= 4 is 22.9 Å². The van der Waals surface area contributed by atoms with Crippen molar-refractivity contribution in [2.75, 3.05) is 20.2 Å². The van der Waals surface area contributed by atoms with Gasteiger partial charge in [-0.2, -0.15) is 0 Å². The smallest absolute Gasteiger partial charge is 0.0804 e. The van der Waals surface area contributed by atoms with E-state index in [9.17, 15) is 0 Å². The molecule has 1 rings (SSSR count). The summed E-state index contributed by atoms with van der Waals surface area (Å²) in [7, 11) is 1.76. The summed E-state index contributed by atoms with van der Waals surface area (Å²) in [5, 5.41) is 3.37. The molecular formula is C20H36IN3O. The first-order valence-corrected chi connectivity index (χ1v) is 10.3. The average molecular weight is 461 g/mol. The first-order chi connectivity index (χ1) is 12.2. The number of nitrogens with one attached hydrogen (secondary N) is 1. The number of rotatable bonds is 11. The average Bonchev–Trinajstić information content (AvgIpc) is 2.66. The van der Waals surface area contributed by atoms with E-state index in [4.69, 9.17) is 4.74 Å².